The summed E-state index contributed by atoms with van der Waals surface area (Å²) in [6.45, 7) is 2.13. The summed E-state index contributed by atoms with van der Waals surface area (Å²) in [5, 5.41) is 4.51. The molecule has 1 heterocycles. The van der Waals surface area contributed by atoms with E-state index in [1.807, 2.05) is 0 Å². The molecule has 1 atom stereocenters. The summed E-state index contributed by atoms with van der Waals surface area (Å²) in [7, 11) is 0. The minimum absolute atomic E-state index is 0.1000. The quantitative estimate of drug-likeness (QED) is 0.819. The molecule has 1 aromatic rings. The summed E-state index contributed by atoms with van der Waals surface area (Å²) in [6, 6.07) is 0. The summed E-state index contributed by atoms with van der Waals surface area (Å²) in [6.07, 6.45) is 6.79. The molecule has 0 aromatic carbocycles. The summed E-state index contributed by atoms with van der Waals surface area (Å²) in [5.74, 6) is -0.124. The van der Waals surface area contributed by atoms with E-state index in [-0.39, 0.29) is 16.9 Å². The minimum atomic E-state index is -0.441. The van der Waals surface area contributed by atoms with Crippen LogP contribution in [0.25, 0.3) is 0 Å². The normalized spacial score (nSPS) is 18.4. The predicted octanol–water partition coefficient (Wildman–Crippen LogP) is 2.18. The summed E-state index contributed by atoms with van der Waals surface area (Å²) in [4.78, 5) is 25.5. The van der Waals surface area contributed by atoms with Crippen LogP contribution in [0.1, 0.15) is 51.1 Å². The topological polar surface area (TPSA) is 71.2 Å². The third-order valence-electron chi connectivity index (χ3n) is 3.59. The van der Waals surface area contributed by atoms with Gasteiger partial charge in [-0.1, -0.05) is 37.0 Å². The molecule has 0 bridgehead atoms. The third-order valence-corrected chi connectivity index (χ3v) is 4.31. The van der Waals surface area contributed by atoms with E-state index in [0.717, 1.165) is 29.9 Å². The average molecular weight is 298 g/mol. The number of nitrogens with one attached hydrogen (secondary N) is 2. The molecule has 2 N–H and O–H groups in total. The first-order valence-corrected chi connectivity index (χ1v) is 8.13. The van der Waals surface area contributed by atoms with Crippen molar-refractivity contribution >= 4 is 17.2 Å². The molecule has 112 valence electrons. The van der Waals surface area contributed by atoms with Gasteiger partial charge in [-0.3, -0.25) is 9.59 Å². The highest BCUT2D eigenvalue weighted by Crippen LogP contribution is 2.20. The Hall–Kier alpha value is -1.14. The number of thiazole rings is 1. The maximum absolute atomic E-state index is 12.0. The molecule has 20 heavy (non-hydrogen) atoms. The van der Waals surface area contributed by atoms with Gasteiger partial charge in [0.1, 0.15) is 6.10 Å². The number of carbonyl (C=O) groups excluding carboxylic acids is 1. The number of carbonyl (C=O) groups is 1. The van der Waals surface area contributed by atoms with Gasteiger partial charge >= 0.3 is 4.87 Å². The number of aromatic amines is 1. The summed E-state index contributed by atoms with van der Waals surface area (Å²) < 4.78 is 5.85. The zero-order valence-electron chi connectivity index (χ0n) is 11.8. The molecule has 0 spiro atoms. The van der Waals surface area contributed by atoms with Crippen molar-refractivity contribution in [3.8, 4) is 0 Å². The van der Waals surface area contributed by atoms with Gasteiger partial charge in [0.05, 0.1) is 12.6 Å². The Bertz CT molecular complexity index is 475. The Kier molecular flexibility index (Phi) is 5.79. The minimum Gasteiger partial charge on any atom is -0.365 e. The molecule has 0 radical (unpaired) electrons. The molecule has 0 unspecified atom stereocenters. The number of hydrogen-bond donors (Lipinski definition) is 2. The predicted molar refractivity (Wildman–Crippen MR) is 78.8 cm³/mol. The van der Waals surface area contributed by atoms with Gasteiger partial charge in [0, 0.05) is 11.1 Å². The molecule has 2 rings (SSSR count). The van der Waals surface area contributed by atoms with Gasteiger partial charge in [0.2, 0.25) is 5.91 Å². The molecule has 1 aromatic heterocycles. The molecule has 6 heteroatoms. The van der Waals surface area contributed by atoms with Crippen molar-refractivity contribution in [1.29, 1.82) is 0 Å². The highest BCUT2D eigenvalue weighted by atomic mass is 32.1. The number of amides is 1. The fourth-order valence-electron chi connectivity index (χ4n) is 2.46. The number of aromatic nitrogens is 1. The Balaban J connectivity index is 1.74. The van der Waals surface area contributed by atoms with E-state index in [4.69, 9.17) is 4.74 Å². The van der Waals surface area contributed by atoms with Gasteiger partial charge in [0.25, 0.3) is 0 Å². The largest absolute Gasteiger partial charge is 0.365 e. The van der Waals surface area contributed by atoms with Gasteiger partial charge in [-0.25, -0.2) is 0 Å². The average Bonchev–Trinajstić information content (AvgIpc) is 2.68. The molecule has 5 nitrogen and oxygen atoms in total. The molecular weight excluding hydrogens is 276 g/mol. The van der Waals surface area contributed by atoms with Crippen LogP contribution in [-0.4, -0.2) is 23.1 Å². The lowest BCUT2D eigenvalue weighted by atomic mass is 10.1. The van der Waals surface area contributed by atoms with Crippen molar-refractivity contribution in [2.75, 3.05) is 0 Å². The molecule has 1 amide bonds. The molecule has 1 aliphatic carbocycles. The Labute approximate surface area is 122 Å². The van der Waals surface area contributed by atoms with Crippen molar-refractivity contribution in [2.45, 2.75) is 64.2 Å². The first-order valence-electron chi connectivity index (χ1n) is 7.25. The Morgan fingerprint density at radius 1 is 1.45 bits per heavy atom. The van der Waals surface area contributed by atoms with E-state index in [1.165, 1.54) is 25.7 Å². The van der Waals surface area contributed by atoms with E-state index < -0.39 is 6.10 Å². The number of hydrogen-bond acceptors (Lipinski definition) is 4. The maximum atomic E-state index is 12.0. The molecule has 1 fully saturated rings. The lowest BCUT2D eigenvalue weighted by Crippen LogP contribution is -2.36. The summed E-state index contributed by atoms with van der Waals surface area (Å²) in [5.41, 5.74) is 0.731. The SMILES string of the molecule is C[C@@H](OC1CCCCCC1)C(=O)NCc1csc(=O)[nH]1. The standard InChI is InChI=1S/C14H22N2O3S/c1-10(19-12-6-4-2-3-5-7-12)13(17)15-8-11-9-20-14(18)16-11/h9-10,12H,2-8H2,1H3,(H,15,17)(H,16,18)/t10-/m1/s1. The van der Waals surface area contributed by atoms with Crippen LogP contribution in [0.2, 0.25) is 0 Å². The van der Waals surface area contributed by atoms with Crippen LogP contribution < -0.4 is 10.2 Å². The lowest BCUT2D eigenvalue weighted by Gasteiger charge is -2.20. The first kappa shape index (κ1) is 15.3. The number of ether oxygens (including phenoxy) is 1. The van der Waals surface area contributed by atoms with Crippen LogP contribution in [0, 0.1) is 0 Å². The molecule has 1 saturated carbocycles. The van der Waals surface area contributed by atoms with Crippen molar-refractivity contribution < 1.29 is 9.53 Å². The van der Waals surface area contributed by atoms with Crippen molar-refractivity contribution in [3.63, 3.8) is 0 Å². The van der Waals surface area contributed by atoms with E-state index in [9.17, 15) is 9.59 Å². The second-order valence-corrected chi connectivity index (χ2v) is 6.13. The van der Waals surface area contributed by atoms with Gasteiger partial charge in [0.15, 0.2) is 0 Å². The van der Waals surface area contributed by atoms with E-state index in [2.05, 4.69) is 10.3 Å². The fraction of sp³-hybridized carbons (Fsp3) is 0.714. The first-order chi connectivity index (χ1) is 9.65. The summed E-state index contributed by atoms with van der Waals surface area (Å²) >= 11 is 1.10. The van der Waals surface area contributed by atoms with Crippen LogP contribution >= 0.6 is 11.3 Å². The fourth-order valence-corrected chi connectivity index (χ4v) is 3.04. The van der Waals surface area contributed by atoms with Crippen LogP contribution in [0.5, 0.6) is 0 Å². The van der Waals surface area contributed by atoms with Gasteiger partial charge < -0.3 is 15.0 Å². The monoisotopic (exact) mass is 298 g/mol. The van der Waals surface area contributed by atoms with Crippen LogP contribution in [-0.2, 0) is 16.1 Å². The highest BCUT2D eigenvalue weighted by Gasteiger charge is 2.20. The van der Waals surface area contributed by atoms with Crippen LogP contribution in [0.3, 0.4) is 0 Å². The maximum Gasteiger partial charge on any atom is 0.304 e. The second-order valence-electron chi connectivity index (χ2n) is 5.28. The highest BCUT2D eigenvalue weighted by molar-refractivity contribution is 7.07. The van der Waals surface area contributed by atoms with Crippen molar-refractivity contribution in [3.05, 3.63) is 20.7 Å². The number of H-pyrrole nitrogens is 1. The molecular formula is C14H22N2O3S. The Morgan fingerprint density at radius 2 is 2.15 bits per heavy atom. The third kappa shape index (κ3) is 4.76. The van der Waals surface area contributed by atoms with Crippen LogP contribution in [0.15, 0.2) is 10.2 Å². The number of rotatable bonds is 5. The van der Waals surface area contributed by atoms with Gasteiger partial charge in [-0.05, 0) is 19.8 Å². The van der Waals surface area contributed by atoms with Crippen LogP contribution in [0.4, 0.5) is 0 Å². The molecule has 0 saturated heterocycles. The van der Waals surface area contributed by atoms with E-state index in [1.54, 1.807) is 12.3 Å². The smallest absolute Gasteiger partial charge is 0.304 e. The van der Waals surface area contributed by atoms with E-state index in [0.29, 0.717) is 6.54 Å². The zero-order valence-corrected chi connectivity index (χ0v) is 12.6. The van der Waals surface area contributed by atoms with Gasteiger partial charge in [-0.2, -0.15) is 0 Å². The van der Waals surface area contributed by atoms with Gasteiger partial charge in [-0.15, -0.1) is 0 Å². The Morgan fingerprint density at radius 3 is 2.75 bits per heavy atom. The molecule has 1 aliphatic rings. The second kappa shape index (κ2) is 7.59. The zero-order chi connectivity index (χ0) is 14.4. The van der Waals surface area contributed by atoms with Crippen molar-refractivity contribution in [1.82, 2.24) is 10.3 Å². The van der Waals surface area contributed by atoms with Crippen molar-refractivity contribution in [2.24, 2.45) is 0 Å². The van der Waals surface area contributed by atoms with E-state index >= 15 is 0 Å². The lowest BCUT2D eigenvalue weighted by molar-refractivity contribution is -0.136. The molecule has 0 aliphatic heterocycles.